The number of aromatic nitrogens is 2. The Morgan fingerprint density at radius 2 is 1.97 bits per heavy atom. The second-order valence-corrected chi connectivity index (χ2v) is 9.49. The molecule has 1 saturated heterocycles. The van der Waals surface area contributed by atoms with Gasteiger partial charge >= 0.3 is 0 Å². The molecule has 4 rings (SSSR count). The molecule has 2 aromatic heterocycles. The van der Waals surface area contributed by atoms with E-state index in [9.17, 15) is 13.2 Å². The highest BCUT2D eigenvalue weighted by molar-refractivity contribution is 7.89. The maximum Gasteiger partial charge on any atom is 0.248 e. The Balaban J connectivity index is 1.40. The second-order valence-electron chi connectivity index (χ2n) is 7.61. The molecule has 3 aromatic rings. The summed E-state index contributed by atoms with van der Waals surface area (Å²) in [7, 11) is -3.69. The molecule has 31 heavy (non-hydrogen) atoms. The molecule has 0 saturated carbocycles. The van der Waals surface area contributed by atoms with Gasteiger partial charge in [-0.2, -0.15) is 4.31 Å². The maximum absolute atomic E-state index is 13.1. The Morgan fingerprint density at radius 3 is 2.74 bits per heavy atom. The number of benzene rings is 1. The van der Waals surface area contributed by atoms with Gasteiger partial charge in [-0.3, -0.25) is 14.7 Å². The van der Waals surface area contributed by atoms with E-state index in [0.717, 1.165) is 10.9 Å². The van der Waals surface area contributed by atoms with Gasteiger partial charge in [-0.15, -0.1) is 0 Å². The Kier molecular flexibility index (Phi) is 6.03. The number of hydrogen-bond acceptors (Lipinski definition) is 7. The normalized spacial score (nSPS) is 16.3. The number of amides is 1. The predicted molar refractivity (Wildman–Crippen MR) is 116 cm³/mol. The Morgan fingerprint density at radius 1 is 1.13 bits per heavy atom. The lowest BCUT2D eigenvalue weighted by Crippen LogP contribution is -2.38. The third-order valence-electron chi connectivity index (χ3n) is 5.40. The Bertz CT molecular complexity index is 1180. The SMILES string of the molecule is Cc1noc(C)c1S(=O)(=O)N1CCCN(CC(=O)Nc2cccc3ncccc23)CC1. The molecule has 1 aromatic carbocycles. The van der Waals surface area contributed by atoms with E-state index in [1.165, 1.54) is 4.31 Å². The van der Waals surface area contributed by atoms with Crippen molar-refractivity contribution in [2.24, 2.45) is 0 Å². The minimum atomic E-state index is -3.69. The molecule has 1 amide bonds. The van der Waals surface area contributed by atoms with E-state index in [0.29, 0.717) is 49.7 Å². The average molecular weight is 444 g/mol. The lowest BCUT2D eigenvalue weighted by Gasteiger charge is -2.21. The maximum atomic E-state index is 13.1. The van der Waals surface area contributed by atoms with Gasteiger partial charge in [0.25, 0.3) is 0 Å². The standard InChI is InChI=1S/C21H25N5O4S/c1-15-21(16(2)30-24-15)31(28,29)26-11-5-10-25(12-13-26)14-20(27)23-19-8-3-7-18-17(19)6-4-9-22-18/h3-4,6-9H,5,10-14H2,1-2H3,(H,23,27). The van der Waals surface area contributed by atoms with Crippen molar-refractivity contribution in [1.29, 1.82) is 0 Å². The van der Waals surface area contributed by atoms with Crippen LogP contribution >= 0.6 is 0 Å². The van der Waals surface area contributed by atoms with E-state index in [-0.39, 0.29) is 17.3 Å². The average Bonchev–Trinajstić information content (AvgIpc) is 2.93. The predicted octanol–water partition coefficient (Wildman–Crippen LogP) is 2.17. The van der Waals surface area contributed by atoms with E-state index in [2.05, 4.69) is 15.5 Å². The van der Waals surface area contributed by atoms with Gasteiger partial charge in [0.05, 0.1) is 17.7 Å². The molecule has 1 fully saturated rings. The second kappa shape index (κ2) is 8.74. The van der Waals surface area contributed by atoms with Crippen molar-refractivity contribution in [3.8, 4) is 0 Å². The van der Waals surface area contributed by atoms with Crippen LogP contribution in [0.1, 0.15) is 17.9 Å². The zero-order chi connectivity index (χ0) is 22.0. The lowest BCUT2D eigenvalue weighted by molar-refractivity contribution is -0.117. The molecule has 0 bridgehead atoms. The number of anilines is 1. The molecular weight excluding hydrogens is 418 g/mol. The summed E-state index contributed by atoms with van der Waals surface area (Å²) < 4.78 is 32.6. The molecule has 0 atom stereocenters. The molecule has 10 heteroatoms. The Labute approximate surface area is 181 Å². The molecule has 0 spiro atoms. The largest absolute Gasteiger partial charge is 0.360 e. The minimum absolute atomic E-state index is 0.140. The number of sulfonamides is 1. The van der Waals surface area contributed by atoms with E-state index in [4.69, 9.17) is 4.52 Å². The van der Waals surface area contributed by atoms with Crippen LogP contribution in [0, 0.1) is 13.8 Å². The summed E-state index contributed by atoms with van der Waals surface area (Å²) in [6.07, 6.45) is 2.35. The van der Waals surface area contributed by atoms with Crippen molar-refractivity contribution < 1.29 is 17.7 Å². The number of nitrogens with one attached hydrogen (secondary N) is 1. The summed E-state index contributed by atoms with van der Waals surface area (Å²) in [6.45, 7) is 5.21. The molecule has 1 N–H and O–H groups in total. The number of hydrogen-bond donors (Lipinski definition) is 1. The van der Waals surface area contributed by atoms with Crippen LogP contribution in [0.15, 0.2) is 45.9 Å². The fourth-order valence-corrected chi connectivity index (χ4v) is 5.68. The van der Waals surface area contributed by atoms with Crippen LogP contribution in [0.2, 0.25) is 0 Å². The third-order valence-corrected chi connectivity index (χ3v) is 7.54. The van der Waals surface area contributed by atoms with Crippen molar-refractivity contribution >= 4 is 32.5 Å². The van der Waals surface area contributed by atoms with Crippen LogP contribution in [0.3, 0.4) is 0 Å². The molecule has 0 radical (unpaired) electrons. The highest BCUT2D eigenvalue weighted by atomic mass is 32.2. The van der Waals surface area contributed by atoms with E-state index >= 15 is 0 Å². The molecule has 0 unspecified atom stereocenters. The summed E-state index contributed by atoms with van der Waals surface area (Å²) >= 11 is 0. The highest BCUT2D eigenvalue weighted by Gasteiger charge is 2.32. The van der Waals surface area contributed by atoms with Crippen LogP contribution in [-0.2, 0) is 14.8 Å². The summed E-state index contributed by atoms with van der Waals surface area (Å²) in [5, 5.41) is 7.61. The number of pyridine rings is 1. The van der Waals surface area contributed by atoms with Crippen molar-refractivity contribution in [2.45, 2.75) is 25.2 Å². The molecular formula is C21H25N5O4S. The molecule has 1 aliphatic heterocycles. The van der Waals surface area contributed by atoms with Gasteiger partial charge in [0, 0.05) is 31.2 Å². The van der Waals surface area contributed by atoms with Crippen LogP contribution < -0.4 is 5.32 Å². The number of aryl methyl sites for hydroxylation is 2. The minimum Gasteiger partial charge on any atom is -0.360 e. The van der Waals surface area contributed by atoms with E-state index < -0.39 is 10.0 Å². The fourth-order valence-electron chi connectivity index (χ4n) is 3.92. The zero-order valence-electron chi connectivity index (χ0n) is 17.5. The topological polar surface area (TPSA) is 109 Å². The van der Waals surface area contributed by atoms with Crippen LogP contribution in [0.5, 0.6) is 0 Å². The smallest absolute Gasteiger partial charge is 0.248 e. The zero-order valence-corrected chi connectivity index (χ0v) is 18.4. The molecule has 3 heterocycles. The Hall–Kier alpha value is -2.82. The van der Waals surface area contributed by atoms with Crippen molar-refractivity contribution in [3.63, 3.8) is 0 Å². The number of carbonyl (C=O) groups is 1. The summed E-state index contributed by atoms with van der Waals surface area (Å²) in [5.74, 6) is 0.154. The monoisotopic (exact) mass is 443 g/mol. The summed E-state index contributed by atoms with van der Waals surface area (Å²) in [6, 6.07) is 9.35. The van der Waals surface area contributed by atoms with E-state index in [1.807, 2.05) is 35.2 Å². The number of carbonyl (C=O) groups excluding carboxylic acids is 1. The fraction of sp³-hybridized carbons (Fsp3) is 0.381. The first-order chi connectivity index (χ1) is 14.9. The lowest BCUT2D eigenvalue weighted by atomic mass is 10.2. The van der Waals surface area contributed by atoms with Gasteiger partial charge in [-0.05, 0) is 51.1 Å². The van der Waals surface area contributed by atoms with Crippen LogP contribution in [0.4, 0.5) is 5.69 Å². The quantitative estimate of drug-likeness (QED) is 0.644. The van der Waals surface area contributed by atoms with Crippen molar-refractivity contribution in [2.75, 3.05) is 38.0 Å². The number of rotatable bonds is 5. The van der Waals surface area contributed by atoms with Gasteiger partial charge < -0.3 is 9.84 Å². The molecule has 164 valence electrons. The third kappa shape index (κ3) is 4.46. The first-order valence-corrected chi connectivity index (χ1v) is 11.6. The number of fused-ring (bicyclic) bond motifs is 1. The van der Waals surface area contributed by atoms with Gasteiger partial charge in [-0.1, -0.05) is 11.2 Å². The van der Waals surface area contributed by atoms with Crippen molar-refractivity contribution in [3.05, 3.63) is 48.0 Å². The first-order valence-electron chi connectivity index (χ1n) is 10.2. The molecule has 1 aliphatic rings. The highest BCUT2D eigenvalue weighted by Crippen LogP contribution is 2.24. The van der Waals surface area contributed by atoms with Gasteiger partial charge in [-0.25, -0.2) is 8.42 Å². The van der Waals surface area contributed by atoms with Gasteiger partial charge in [0.1, 0.15) is 10.6 Å². The summed E-state index contributed by atoms with van der Waals surface area (Å²) in [4.78, 5) is 19.1. The first kappa shape index (κ1) is 21.4. The van der Waals surface area contributed by atoms with E-state index in [1.54, 1.807) is 20.0 Å². The molecule has 9 nitrogen and oxygen atoms in total. The van der Waals surface area contributed by atoms with Crippen LogP contribution in [-0.4, -0.2) is 66.4 Å². The van der Waals surface area contributed by atoms with Crippen LogP contribution in [0.25, 0.3) is 10.9 Å². The number of nitrogens with zero attached hydrogens (tertiary/aromatic N) is 4. The van der Waals surface area contributed by atoms with Gasteiger partial charge in [0.2, 0.25) is 15.9 Å². The summed E-state index contributed by atoms with van der Waals surface area (Å²) in [5.41, 5.74) is 1.89. The van der Waals surface area contributed by atoms with Crippen molar-refractivity contribution in [1.82, 2.24) is 19.3 Å². The van der Waals surface area contributed by atoms with Gasteiger partial charge in [0.15, 0.2) is 5.76 Å². The molecule has 0 aliphatic carbocycles.